The van der Waals surface area contributed by atoms with Crippen LogP contribution >= 0.6 is 0 Å². The van der Waals surface area contributed by atoms with Crippen molar-refractivity contribution in [1.29, 1.82) is 0 Å². The van der Waals surface area contributed by atoms with Gasteiger partial charge in [-0.2, -0.15) is 0 Å². The number of hydrogen-bond acceptors (Lipinski definition) is 4. The van der Waals surface area contributed by atoms with E-state index in [1.54, 1.807) is 0 Å². The molecule has 6 heteroatoms. The number of pyridine rings is 1. The highest BCUT2D eigenvalue weighted by atomic mass is 16.2. The van der Waals surface area contributed by atoms with Crippen molar-refractivity contribution < 1.29 is 0 Å². The van der Waals surface area contributed by atoms with E-state index in [-0.39, 0.29) is 11.5 Å². The predicted molar refractivity (Wildman–Crippen MR) is 132 cm³/mol. The maximum absolute atomic E-state index is 12.7. The van der Waals surface area contributed by atoms with E-state index in [1.165, 1.54) is 24.0 Å². The van der Waals surface area contributed by atoms with Gasteiger partial charge in [0.15, 0.2) is 0 Å². The zero-order chi connectivity index (χ0) is 22.8. The quantitative estimate of drug-likeness (QED) is 0.617. The van der Waals surface area contributed by atoms with E-state index in [9.17, 15) is 9.59 Å². The SMILES string of the molecule is Cc1ccc(C2=CCC(c3[nH]c(=O)[nH]c(=O)c3Cc3ccccc3)CC2)c(N2CCCC2)n1. The van der Waals surface area contributed by atoms with Crippen molar-refractivity contribution >= 4 is 11.4 Å². The van der Waals surface area contributed by atoms with Crippen LogP contribution in [0.4, 0.5) is 5.82 Å². The summed E-state index contributed by atoms with van der Waals surface area (Å²) < 4.78 is 0. The lowest BCUT2D eigenvalue weighted by molar-refractivity contribution is 0.595. The number of allylic oxidation sites excluding steroid dienone is 2. The molecule has 0 radical (unpaired) electrons. The number of anilines is 1. The summed E-state index contributed by atoms with van der Waals surface area (Å²) in [7, 11) is 0. The summed E-state index contributed by atoms with van der Waals surface area (Å²) in [6, 6.07) is 14.2. The molecule has 0 spiro atoms. The Kier molecular flexibility index (Phi) is 5.99. The van der Waals surface area contributed by atoms with Crippen LogP contribution in [-0.2, 0) is 6.42 Å². The van der Waals surface area contributed by atoms with E-state index < -0.39 is 5.69 Å². The lowest BCUT2D eigenvalue weighted by Gasteiger charge is -2.27. The molecule has 3 heterocycles. The molecule has 6 nitrogen and oxygen atoms in total. The van der Waals surface area contributed by atoms with E-state index >= 15 is 0 Å². The molecule has 1 aliphatic carbocycles. The highest BCUT2D eigenvalue weighted by molar-refractivity contribution is 5.75. The summed E-state index contributed by atoms with van der Waals surface area (Å²) in [5.74, 6) is 1.22. The van der Waals surface area contributed by atoms with Crippen molar-refractivity contribution in [2.75, 3.05) is 18.0 Å². The van der Waals surface area contributed by atoms with Gasteiger partial charge in [0.05, 0.1) is 0 Å². The molecule has 1 aromatic carbocycles. The first-order valence-electron chi connectivity index (χ1n) is 11.9. The van der Waals surface area contributed by atoms with Crippen molar-refractivity contribution in [3.05, 3.63) is 97.5 Å². The van der Waals surface area contributed by atoms with Crippen LogP contribution in [0.5, 0.6) is 0 Å². The monoisotopic (exact) mass is 442 g/mol. The summed E-state index contributed by atoms with van der Waals surface area (Å²) in [5.41, 5.74) is 5.38. The number of benzene rings is 1. The lowest BCUT2D eigenvalue weighted by atomic mass is 9.83. The Hall–Kier alpha value is -3.41. The first-order valence-corrected chi connectivity index (χ1v) is 11.9. The van der Waals surface area contributed by atoms with Crippen molar-refractivity contribution in [2.45, 2.75) is 51.4 Å². The average Bonchev–Trinajstić information content (AvgIpc) is 3.36. The van der Waals surface area contributed by atoms with Gasteiger partial charge in [-0.15, -0.1) is 0 Å². The number of aromatic amines is 2. The molecule has 33 heavy (non-hydrogen) atoms. The van der Waals surface area contributed by atoms with Crippen LogP contribution in [-0.4, -0.2) is 28.0 Å². The number of H-pyrrole nitrogens is 2. The second-order valence-corrected chi connectivity index (χ2v) is 9.18. The zero-order valence-electron chi connectivity index (χ0n) is 19.1. The molecular formula is C27H30N4O2. The molecule has 0 amide bonds. The molecule has 5 rings (SSSR count). The largest absolute Gasteiger partial charge is 0.356 e. The Labute approximate surface area is 193 Å². The van der Waals surface area contributed by atoms with Gasteiger partial charge in [0.1, 0.15) is 5.82 Å². The van der Waals surface area contributed by atoms with Gasteiger partial charge in [-0.05, 0) is 62.3 Å². The van der Waals surface area contributed by atoms with Gasteiger partial charge in [0.2, 0.25) is 0 Å². The third kappa shape index (κ3) is 4.56. The molecule has 2 aliphatic rings. The Balaban J connectivity index is 1.45. The van der Waals surface area contributed by atoms with Crippen molar-refractivity contribution in [3.8, 4) is 0 Å². The van der Waals surface area contributed by atoms with E-state index in [1.807, 2.05) is 37.3 Å². The van der Waals surface area contributed by atoms with Gasteiger partial charge in [0, 0.05) is 47.9 Å². The van der Waals surface area contributed by atoms with Crippen LogP contribution in [0, 0.1) is 6.92 Å². The molecule has 170 valence electrons. The molecule has 2 aromatic heterocycles. The fourth-order valence-electron chi connectivity index (χ4n) is 5.16. The first kappa shape index (κ1) is 21.4. The summed E-state index contributed by atoms with van der Waals surface area (Å²) in [6.07, 6.45) is 7.81. The minimum absolute atomic E-state index is 0.121. The molecule has 3 aromatic rings. The van der Waals surface area contributed by atoms with Gasteiger partial charge >= 0.3 is 5.69 Å². The van der Waals surface area contributed by atoms with E-state index in [0.29, 0.717) is 12.0 Å². The van der Waals surface area contributed by atoms with Gasteiger partial charge in [-0.3, -0.25) is 9.78 Å². The predicted octanol–water partition coefficient (Wildman–Crippen LogP) is 4.31. The number of aromatic nitrogens is 3. The fourth-order valence-corrected chi connectivity index (χ4v) is 5.16. The number of nitrogens with one attached hydrogen (secondary N) is 2. The van der Waals surface area contributed by atoms with Gasteiger partial charge in [-0.1, -0.05) is 36.4 Å². The molecule has 1 unspecified atom stereocenters. The topological polar surface area (TPSA) is 81.8 Å². The van der Waals surface area contributed by atoms with Crippen molar-refractivity contribution in [1.82, 2.24) is 15.0 Å². The zero-order valence-corrected chi connectivity index (χ0v) is 19.1. The molecule has 0 bridgehead atoms. The third-order valence-electron chi connectivity index (χ3n) is 6.88. The summed E-state index contributed by atoms with van der Waals surface area (Å²) in [5, 5.41) is 0. The van der Waals surface area contributed by atoms with Crippen LogP contribution in [0.25, 0.3) is 5.57 Å². The highest BCUT2D eigenvalue weighted by Gasteiger charge is 2.25. The van der Waals surface area contributed by atoms with Crippen LogP contribution in [0.2, 0.25) is 0 Å². The highest BCUT2D eigenvalue weighted by Crippen LogP contribution is 2.39. The van der Waals surface area contributed by atoms with Gasteiger partial charge in [0.25, 0.3) is 5.56 Å². The molecule has 0 saturated carbocycles. The number of aryl methyl sites for hydroxylation is 1. The minimum Gasteiger partial charge on any atom is -0.356 e. The summed E-state index contributed by atoms with van der Waals surface area (Å²) >= 11 is 0. The molecule has 1 fully saturated rings. The van der Waals surface area contributed by atoms with E-state index in [2.05, 4.69) is 33.1 Å². The Bertz CT molecular complexity index is 1280. The second-order valence-electron chi connectivity index (χ2n) is 9.18. The van der Waals surface area contributed by atoms with E-state index in [0.717, 1.165) is 55.1 Å². The Morgan fingerprint density at radius 2 is 1.82 bits per heavy atom. The number of hydrogen-bond donors (Lipinski definition) is 2. The standard InChI is InChI=1S/C27H30N4O2/c1-18-9-14-22(25(28-18)31-15-5-6-16-31)20-10-12-21(13-11-20)24-23(26(32)30-27(33)29-24)17-19-7-3-2-4-8-19/h2-4,7-10,14,21H,5-6,11-13,15-17H2,1H3,(H2,29,30,32,33). The normalized spacial score (nSPS) is 18.4. The molecule has 2 N–H and O–H groups in total. The van der Waals surface area contributed by atoms with Gasteiger partial charge < -0.3 is 9.88 Å². The average molecular weight is 443 g/mol. The maximum Gasteiger partial charge on any atom is 0.325 e. The molecular weight excluding hydrogens is 412 g/mol. The van der Waals surface area contributed by atoms with Crippen molar-refractivity contribution in [3.63, 3.8) is 0 Å². The maximum atomic E-state index is 12.7. The first-order chi connectivity index (χ1) is 16.1. The third-order valence-corrected chi connectivity index (χ3v) is 6.88. The van der Waals surface area contributed by atoms with Crippen LogP contribution in [0.1, 0.15) is 66.1 Å². The molecule has 1 atom stereocenters. The second kappa shape index (κ2) is 9.22. The number of nitrogens with zero attached hydrogens (tertiary/aromatic N) is 2. The van der Waals surface area contributed by atoms with E-state index in [4.69, 9.17) is 4.98 Å². The molecule has 1 aliphatic heterocycles. The van der Waals surface area contributed by atoms with Crippen molar-refractivity contribution in [2.24, 2.45) is 0 Å². The van der Waals surface area contributed by atoms with Crippen LogP contribution in [0.3, 0.4) is 0 Å². The fraction of sp³-hybridized carbons (Fsp3) is 0.370. The summed E-state index contributed by atoms with van der Waals surface area (Å²) in [4.78, 5) is 37.5. The van der Waals surface area contributed by atoms with Crippen LogP contribution < -0.4 is 16.1 Å². The smallest absolute Gasteiger partial charge is 0.325 e. The molecule has 1 saturated heterocycles. The lowest BCUT2D eigenvalue weighted by Crippen LogP contribution is -2.30. The Morgan fingerprint density at radius 3 is 2.55 bits per heavy atom. The van der Waals surface area contributed by atoms with Gasteiger partial charge in [-0.25, -0.2) is 9.78 Å². The Morgan fingerprint density at radius 1 is 1.03 bits per heavy atom. The summed E-state index contributed by atoms with van der Waals surface area (Å²) in [6.45, 7) is 4.18. The number of rotatable bonds is 5. The minimum atomic E-state index is -0.430. The van der Waals surface area contributed by atoms with Crippen LogP contribution in [0.15, 0.2) is 58.1 Å².